The van der Waals surface area contributed by atoms with E-state index in [4.69, 9.17) is 0 Å². The lowest BCUT2D eigenvalue weighted by atomic mass is 9.88. The Bertz CT molecular complexity index is 523. The zero-order chi connectivity index (χ0) is 14.8. The molecule has 1 N–H and O–H groups in total. The van der Waals surface area contributed by atoms with Crippen LogP contribution < -0.4 is 5.32 Å². The molecule has 21 heavy (non-hydrogen) atoms. The molecule has 1 atom stereocenters. The molecule has 2 fully saturated rings. The van der Waals surface area contributed by atoms with E-state index in [1.54, 1.807) is 0 Å². The molecule has 3 rings (SSSR count). The maximum atomic E-state index is 12.7. The molecule has 3 nitrogen and oxygen atoms in total. The third-order valence-corrected chi connectivity index (χ3v) is 6.09. The Hall–Kier alpha value is -0.140. The van der Waals surface area contributed by atoms with Crippen LogP contribution in [0.1, 0.15) is 36.0 Å². The Balaban J connectivity index is 1.63. The highest BCUT2D eigenvalue weighted by atomic mass is 127. The number of benzene rings is 1. The summed E-state index contributed by atoms with van der Waals surface area (Å²) in [5, 5.41) is 3.61. The quantitative estimate of drug-likeness (QED) is 0.680. The van der Waals surface area contributed by atoms with E-state index in [0.29, 0.717) is 6.04 Å². The van der Waals surface area contributed by atoms with Crippen LogP contribution in [0.25, 0.3) is 0 Å². The second-order valence-electron chi connectivity index (χ2n) is 5.96. The molecule has 1 unspecified atom stereocenters. The van der Waals surface area contributed by atoms with Gasteiger partial charge in [0.2, 0.25) is 0 Å². The minimum atomic E-state index is 0.179. The first-order valence-electron chi connectivity index (χ1n) is 7.63. The van der Waals surface area contributed by atoms with Crippen LogP contribution in [-0.2, 0) is 0 Å². The molecule has 0 aromatic heterocycles. The average molecular weight is 463 g/mol. The Kier molecular flexibility index (Phi) is 5.22. The summed E-state index contributed by atoms with van der Waals surface area (Å²) < 4.78 is 2.00. The van der Waals surface area contributed by atoms with Crippen molar-refractivity contribution in [3.8, 4) is 0 Å². The monoisotopic (exact) mass is 462 g/mol. The number of halogens is 2. The molecule has 2 aliphatic rings. The van der Waals surface area contributed by atoms with E-state index >= 15 is 0 Å². The van der Waals surface area contributed by atoms with Gasteiger partial charge in [0.15, 0.2) is 0 Å². The summed E-state index contributed by atoms with van der Waals surface area (Å²) in [6, 6.07) is 6.60. The lowest BCUT2D eigenvalue weighted by Crippen LogP contribution is -2.43. The molecule has 1 amide bonds. The van der Waals surface area contributed by atoms with Gasteiger partial charge >= 0.3 is 0 Å². The molecule has 2 aliphatic heterocycles. The van der Waals surface area contributed by atoms with Crippen molar-refractivity contribution in [1.29, 1.82) is 0 Å². The summed E-state index contributed by atoms with van der Waals surface area (Å²) in [6.45, 7) is 2.95. The van der Waals surface area contributed by atoms with Gasteiger partial charge in [-0.15, -0.1) is 0 Å². The second kappa shape index (κ2) is 6.96. The summed E-state index contributed by atoms with van der Waals surface area (Å²) in [5.41, 5.74) is 0.822. The van der Waals surface area contributed by atoms with Gasteiger partial charge in [0.05, 0.1) is 5.56 Å². The van der Waals surface area contributed by atoms with E-state index in [9.17, 15) is 4.79 Å². The summed E-state index contributed by atoms with van der Waals surface area (Å²) in [6.07, 6.45) is 4.88. The number of carbonyl (C=O) groups is 1. The minimum Gasteiger partial charge on any atom is -0.339 e. The van der Waals surface area contributed by atoms with E-state index in [2.05, 4.69) is 43.8 Å². The van der Waals surface area contributed by atoms with E-state index in [1.165, 1.54) is 19.4 Å². The van der Waals surface area contributed by atoms with Crippen LogP contribution in [-0.4, -0.2) is 36.5 Å². The number of likely N-dealkylation sites (tertiary alicyclic amines) is 1. The highest BCUT2D eigenvalue weighted by Gasteiger charge is 2.30. The molecule has 1 aromatic rings. The first-order valence-corrected chi connectivity index (χ1v) is 9.50. The molecule has 2 saturated heterocycles. The molecule has 5 heteroatoms. The smallest absolute Gasteiger partial charge is 0.254 e. The molecular formula is C16H20BrIN2O. The average Bonchev–Trinajstić information content (AvgIpc) is 3.03. The molecular weight excluding hydrogens is 443 g/mol. The number of rotatable bonds is 2. The summed E-state index contributed by atoms with van der Waals surface area (Å²) >= 11 is 5.71. The first kappa shape index (κ1) is 15.7. The van der Waals surface area contributed by atoms with E-state index in [0.717, 1.165) is 45.5 Å². The lowest BCUT2D eigenvalue weighted by Gasteiger charge is -2.35. The molecule has 0 bridgehead atoms. The topological polar surface area (TPSA) is 32.3 Å². The minimum absolute atomic E-state index is 0.179. The van der Waals surface area contributed by atoms with Crippen LogP contribution >= 0.6 is 38.5 Å². The van der Waals surface area contributed by atoms with Gasteiger partial charge in [-0.05, 0) is 78.9 Å². The van der Waals surface area contributed by atoms with Gasteiger partial charge in [0.25, 0.3) is 5.91 Å². The number of nitrogens with one attached hydrogen (secondary N) is 1. The number of piperidine rings is 1. The van der Waals surface area contributed by atoms with Crippen LogP contribution in [0.4, 0.5) is 0 Å². The predicted molar refractivity (Wildman–Crippen MR) is 96.5 cm³/mol. The van der Waals surface area contributed by atoms with Crippen LogP contribution in [0.3, 0.4) is 0 Å². The Morgan fingerprint density at radius 2 is 2.05 bits per heavy atom. The fourth-order valence-corrected chi connectivity index (χ4v) is 4.38. The van der Waals surface area contributed by atoms with Crippen molar-refractivity contribution in [2.45, 2.75) is 31.7 Å². The zero-order valence-electron chi connectivity index (χ0n) is 11.9. The Morgan fingerprint density at radius 1 is 1.29 bits per heavy atom. The van der Waals surface area contributed by atoms with Crippen molar-refractivity contribution < 1.29 is 4.79 Å². The Labute approximate surface area is 148 Å². The van der Waals surface area contributed by atoms with Gasteiger partial charge < -0.3 is 10.2 Å². The number of hydrogen-bond acceptors (Lipinski definition) is 2. The van der Waals surface area contributed by atoms with Crippen LogP contribution in [0.5, 0.6) is 0 Å². The third kappa shape index (κ3) is 3.62. The van der Waals surface area contributed by atoms with Gasteiger partial charge in [-0.3, -0.25) is 4.79 Å². The third-order valence-electron chi connectivity index (χ3n) is 4.65. The van der Waals surface area contributed by atoms with Gasteiger partial charge in [-0.25, -0.2) is 0 Å². The lowest BCUT2D eigenvalue weighted by molar-refractivity contribution is 0.0673. The van der Waals surface area contributed by atoms with Crippen molar-refractivity contribution in [2.75, 3.05) is 19.6 Å². The maximum absolute atomic E-state index is 12.7. The number of amides is 1. The van der Waals surface area contributed by atoms with Crippen LogP contribution in [0.2, 0.25) is 0 Å². The highest BCUT2D eigenvalue weighted by Crippen LogP contribution is 2.27. The standard InChI is InChI=1S/C16H20BrIN2O/c17-12-3-4-14(18)13(10-12)16(21)20-8-5-11(6-9-20)15-2-1-7-19-15/h3-4,10-11,15,19H,1-2,5-9H2. The van der Waals surface area contributed by atoms with Gasteiger partial charge in [-0.2, -0.15) is 0 Å². The predicted octanol–water partition coefficient (Wildman–Crippen LogP) is 3.66. The molecule has 0 aliphatic carbocycles. The SMILES string of the molecule is O=C(c1cc(Br)ccc1I)N1CCC(C2CCCN2)CC1. The number of carbonyl (C=O) groups excluding carboxylic acids is 1. The molecule has 114 valence electrons. The number of nitrogens with zero attached hydrogens (tertiary/aromatic N) is 1. The molecule has 0 saturated carbocycles. The largest absolute Gasteiger partial charge is 0.339 e. The van der Waals surface area contributed by atoms with E-state index < -0.39 is 0 Å². The molecule has 0 radical (unpaired) electrons. The normalized spacial score (nSPS) is 23.5. The van der Waals surface area contributed by atoms with E-state index in [1.807, 2.05) is 23.1 Å². The molecule has 2 heterocycles. The second-order valence-corrected chi connectivity index (χ2v) is 8.03. The summed E-state index contributed by atoms with van der Waals surface area (Å²) in [5.74, 6) is 0.927. The van der Waals surface area contributed by atoms with Crippen molar-refractivity contribution >= 4 is 44.4 Å². The van der Waals surface area contributed by atoms with Gasteiger partial charge in [0.1, 0.15) is 0 Å². The Morgan fingerprint density at radius 3 is 2.71 bits per heavy atom. The fraction of sp³-hybridized carbons (Fsp3) is 0.562. The number of hydrogen-bond donors (Lipinski definition) is 1. The highest BCUT2D eigenvalue weighted by molar-refractivity contribution is 14.1. The first-order chi connectivity index (χ1) is 10.1. The zero-order valence-corrected chi connectivity index (χ0v) is 15.7. The molecule has 0 spiro atoms. The van der Waals surface area contributed by atoms with Crippen molar-refractivity contribution in [3.05, 3.63) is 31.8 Å². The van der Waals surface area contributed by atoms with Crippen LogP contribution in [0.15, 0.2) is 22.7 Å². The van der Waals surface area contributed by atoms with Crippen molar-refractivity contribution in [1.82, 2.24) is 10.2 Å². The fourth-order valence-electron chi connectivity index (χ4n) is 3.45. The van der Waals surface area contributed by atoms with Crippen LogP contribution in [0, 0.1) is 9.49 Å². The van der Waals surface area contributed by atoms with E-state index in [-0.39, 0.29) is 5.91 Å². The molecule has 1 aromatic carbocycles. The van der Waals surface area contributed by atoms with Crippen molar-refractivity contribution in [3.63, 3.8) is 0 Å². The van der Waals surface area contributed by atoms with Gasteiger partial charge in [0, 0.05) is 27.2 Å². The van der Waals surface area contributed by atoms with Crippen molar-refractivity contribution in [2.24, 2.45) is 5.92 Å². The van der Waals surface area contributed by atoms with Gasteiger partial charge in [-0.1, -0.05) is 15.9 Å². The summed E-state index contributed by atoms with van der Waals surface area (Å²) in [7, 11) is 0. The maximum Gasteiger partial charge on any atom is 0.254 e. The summed E-state index contributed by atoms with van der Waals surface area (Å²) in [4.78, 5) is 14.7.